The molecule has 1 aromatic rings. The van der Waals surface area contributed by atoms with Gasteiger partial charge in [0, 0.05) is 32.4 Å². The van der Waals surface area contributed by atoms with Crippen LogP contribution in [0.5, 0.6) is 0 Å². The van der Waals surface area contributed by atoms with Crippen molar-refractivity contribution in [1.82, 2.24) is 19.8 Å². The van der Waals surface area contributed by atoms with E-state index >= 15 is 0 Å². The van der Waals surface area contributed by atoms with Crippen LogP contribution in [0.2, 0.25) is 0 Å². The second kappa shape index (κ2) is 7.29. The number of aryl methyl sites for hydroxylation is 1. The van der Waals surface area contributed by atoms with Crippen molar-refractivity contribution in [3.05, 3.63) is 18.2 Å². The zero-order chi connectivity index (χ0) is 12.5. The molecule has 2 saturated heterocycles. The third-order valence-corrected chi connectivity index (χ3v) is 4.10. The number of hydrogen-bond donors (Lipinski definition) is 1. The smallest absolute Gasteiger partial charge is 0.274 e. The number of aromatic nitrogens is 2. The largest absolute Gasteiger partial charge is 0.340 e. The van der Waals surface area contributed by atoms with Crippen molar-refractivity contribution in [1.29, 1.82) is 0 Å². The number of nitrogens with zero attached hydrogens (tertiary/aromatic N) is 3. The molecule has 7 heteroatoms. The molecule has 2 fully saturated rings. The highest BCUT2D eigenvalue weighted by Gasteiger charge is 2.33. The molecule has 3 heterocycles. The summed E-state index contributed by atoms with van der Waals surface area (Å²) in [6.07, 6.45) is 7.02. The topological polar surface area (TPSA) is 50.2 Å². The fourth-order valence-electron chi connectivity index (χ4n) is 3.11. The van der Waals surface area contributed by atoms with Gasteiger partial charge >= 0.3 is 0 Å². The fraction of sp³-hybridized carbons (Fsp3) is 0.692. The maximum absolute atomic E-state index is 12.3. The van der Waals surface area contributed by atoms with Crippen LogP contribution < -0.4 is 5.32 Å². The molecule has 20 heavy (non-hydrogen) atoms. The van der Waals surface area contributed by atoms with Gasteiger partial charge in [-0.25, -0.2) is 4.98 Å². The summed E-state index contributed by atoms with van der Waals surface area (Å²) in [7, 11) is 1.89. The monoisotopic (exact) mass is 320 g/mol. The SMILES string of the molecule is Cl.Cl.Cn1cnc(C(=O)N2CC[C@@H]3NCCC[C@@H]3C2)c1. The Morgan fingerprint density at radius 2 is 2.20 bits per heavy atom. The minimum Gasteiger partial charge on any atom is -0.340 e. The van der Waals surface area contributed by atoms with Crippen LogP contribution in [0.25, 0.3) is 0 Å². The van der Waals surface area contributed by atoms with Gasteiger partial charge < -0.3 is 14.8 Å². The van der Waals surface area contributed by atoms with Crippen LogP contribution >= 0.6 is 24.8 Å². The van der Waals surface area contributed by atoms with Crippen LogP contribution in [0.1, 0.15) is 29.8 Å². The molecule has 1 aromatic heterocycles. The molecule has 2 aliphatic rings. The van der Waals surface area contributed by atoms with E-state index in [2.05, 4.69) is 10.3 Å². The lowest BCUT2D eigenvalue weighted by molar-refractivity contribution is 0.0587. The van der Waals surface area contributed by atoms with Gasteiger partial charge in [0.25, 0.3) is 5.91 Å². The molecular weight excluding hydrogens is 299 g/mol. The molecule has 3 rings (SSSR count). The number of carbonyl (C=O) groups excluding carboxylic acids is 1. The lowest BCUT2D eigenvalue weighted by atomic mass is 9.85. The third-order valence-electron chi connectivity index (χ3n) is 4.10. The van der Waals surface area contributed by atoms with Crippen LogP contribution in [-0.2, 0) is 7.05 Å². The number of piperidine rings is 2. The molecule has 2 atom stereocenters. The second-order valence-corrected chi connectivity index (χ2v) is 5.43. The zero-order valence-corrected chi connectivity index (χ0v) is 13.3. The maximum atomic E-state index is 12.3. The van der Waals surface area contributed by atoms with Gasteiger partial charge in [-0.2, -0.15) is 0 Å². The number of rotatable bonds is 1. The Labute approximate surface area is 131 Å². The Bertz CT molecular complexity index is 451. The van der Waals surface area contributed by atoms with E-state index in [9.17, 15) is 4.79 Å². The van der Waals surface area contributed by atoms with Crippen LogP contribution in [-0.4, -0.2) is 46.0 Å². The quantitative estimate of drug-likeness (QED) is 0.852. The van der Waals surface area contributed by atoms with Gasteiger partial charge in [-0.15, -0.1) is 24.8 Å². The van der Waals surface area contributed by atoms with E-state index in [-0.39, 0.29) is 30.7 Å². The first-order valence-corrected chi connectivity index (χ1v) is 6.74. The minimum atomic E-state index is 0. The normalized spacial score (nSPS) is 25.1. The van der Waals surface area contributed by atoms with E-state index in [1.54, 1.807) is 12.5 Å². The minimum absolute atomic E-state index is 0. The number of amides is 1. The number of halogens is 2. The van der Waals surface area contributed by atoms with E-state index in [4.69, 9.17) is 0 Å². The van der Waals surface area contributed by atoms with E-state index in [1.165, 1.54) is 12.8 Å². The molecule has 114 valence electrons. The number of imidazole rings is 1. The number of likely N-dealkylation sites (tertiary alicyclic amines) is 1. The number of fused-ring (bicyclic) bond motifs is 1. The molecule has 0 aromatic carbocycles. The van der Waals surface area contributed by atoms with Gasteiger partial charge in [-0.3, -0.25) is 4.79 Å². The molecular formula is C13H22Cl2N4O. The van der Waals surface area contributed by atoms with Crippen molar-refractivity contribution in [2.24, 2.45) is 13.0 Å². The molecule has 0 saturated carbocycles. The molecule has 1 amide bonds. The molecule has 0 unspecified atom stereocenters. The van der Waals surface area contributed by atoms with E-state index < -0.39 is 0 Å². The molecule has 5 nitrogen and oxygen atoms in total. The van der Waals surface area contributed by atoms with Gasteiger partial charge in [0.05, 0.1) is 6.33 Å². The molecule has 1 N–H and O–H groups in total. The first-order valence-electron chi connectivity index (χ1n) is 6.74. The summed E-state index contributed by atoms with van der Waals surface area (Å²) < 4.78 is 1.82. The van der Waals surface area contributed by atoms with Gasteiger partial charge in [0.2, 0.25) is 0 Å². The number of nitrogens with one attached hydrogen (secondary N) is 1. The number of carbonyl (C=O) groups is 1. The number of hydrogen-bond acceptors (Lipinski definition) is 3. The summed E-state index contributed by atoms with van der Waals surface area (Å²) in [5.74, 6) is 0.708. The molecule has 0 radical (unpaired) electrons. The van der Waals surface area contributed by atoms with Gasteiger partial charge in [0.1, 0.15) is 5.69 Å². The average molecular weight is 321 g/mol. The van der Waals surface area contributed by atoms with E-state index in [1.807, 2.05) is 16.5 Å². The zero-order valence-electron chi connectivity index (χ0n) is 11.6. The van der Waals surface area contributed by atoms with Gasteiger partial charge in [-0.1, -0.05) is 0 Å². The Hall–Kier alpha value is -0.780. The van der Waals surface area contributed by atoms with Crippen molar-refractivity contribution >= 4 is 30.7 Å². The highest BCUT2D eigenvalue weighted by Crippen LogP contribution is 2.25. The molecule has 0 bridgehead atoms. The summed E-state index contributed by atoms with van der Waals surface area (Å²) in [6.45, 7) is 2.87. The van der Waals surface area contributed by atoms with Crippen molar-refractivity contribution < 1.29 is 4.79 Å². The van der Waals surface area contributed by atoms with E-state index in [0.29, 0.717) is 17.7 Å². The average Bonchev–Trinajstić information content (AvgIpc) is 2.84. The van der Waals surface area contributed by atoms with Crippen LogP contribution in [0.3, 0.4) is 0 Å². The Kier molecular flexibility index (Phi) is 6.30. The lowest BCUT2D eigenvalue weighted by Gasteiger charge is -2.41. The Morgan fingerprint density at radius 3 is 2.90 bits per heavy atom. The first kappa shape index (κ1) is 17.3. The van der Waals surface area contributed by atoms with Crippen molar-refractivity contribution in [2.75, 3.05) is 19.6 Å². The fourth-order valence-corrected chi connectivity index (χ4v) is 3.11. The second-order valence-electron chi connectivity index (χ2n) is 5.43. The summed E-state index contributed by atoms with van der Waals surface area (Å²) in [4.78, 5) is 18.4. The molecule has 2 aliphatic heterocycles. The van der Waals surface area contributed by atoms with Gasteiger partial charge in [-0.05, 0) is 31.7 Å². The van der Waals surface area contributed by atoms with Crippen LogP contribution in [0.4, 0.5) is 0 Å². The predicted octanol–water partition coefficient (Wildman–Crippen LogP) is 1.48. The molecule has 0 spiro atoms. The summed E-state index contributed by atoms with van der Waals surface area (Å²) in [5.41, 5.74) is 0.569. The Morgan fingerprint density at radius 1 is 1.40 bits per heavy atom. The highest BCUT2D eigenvalue weighted by molar-refractivity contribution is 5.92. The van der Waals surface area contributed by atoms with Crippen molar-refractivity contribution in [3.8, 4) is 0 Å². The predicted molar refractivity (Wildman–Crippen MR) is 82.7 cm³/mol. The molecule has 0 aliphatic carbocycles. The lowest BCUT2D eigenvalue weighted by Crippen LogP contribution is -2.53. The highest BCUT2D eigenvalue weighted by atomic mass is 35.5. The summed E-state index contributed by atoms with van der Waals surface area (Å²) in [5, 5.41) is 3.57. The standard InChI is InChI=1S/C13H20N4O.2ClH/c1-16-8-12(15-9-16)13(18)17-6-4-11-10(7-17)3-2-5-14-11;;/h8-11,14H,2-7H2,1H3;2*1H/t10-,11+;;/m1../s1. The van der Waals surface area contributed by atoms with Crippen molar-refractivity contribution in [2.45, 2.75) is 25.3 Å². The maximum Gasteiger partial charge on any atom is 0.274 e. The summed E-state index contributed by atoms with van der Waals surface area (Å²) in [6, 6.07) is 0.617. The van der Waals surface area contributed by atoms with E-state index in [0.717, 1.165) is 26.1 Å². The summed E-state index contributed by atoms with van der Waals surface area (Å²) >= 11 is 0. The Balaban J connectivity index is 0.000001000. The third kappa shape index (κ3) is 3.45. The van der Waals surface area contributed by atoms with Crippen LogP contribution in [0, 0.1) is 5.92 Å². The van der Waals surface area contributed by atoms with Crippen molar-refractivity contribution in [3.63, 3.8) is 0 Å². The van der Waals surface area contributed by atoms with Crippen LogP contribution in [0.15, 0.2) is 12.5 Å². The first-order chi connectivity index (χ1) is 8.74. The van der Waals surface area contributed by atoms with Gasteiger partial charge in [0.15, 0.2) is 0 Å².